The summed E-state index contributed by atoms with van der Waals surface area (Å²) < 4.78 is 10.6. The van der Waals surface area contributed by atoms with E-state index in [4.69, 9.17) is 9.47 Å². The van der Waals surface area contributed by atoms with E-state index >= 15 is 0 Å². The average molecular weight is 396 g/mol. The number of nitrogens with zero attached hydrogens (tertiary/aromatic N) is 1. The molecule has 2 aromatic rings. The van der Waals surface area contributed by atoms with E-state index in [0.29, 0.717) is 26.3 Å². The second-order valence-corrected chi connectivity index (χ2v) is 7.33. The summed E-state index contributed by atoms with van der Waals surface area (Å²) >= 11 is 0. The molecule has 3 rings (SSSR count). The molecule has 6 nitrogen and oxygen atoms in total. The van der Waals surface area contributed by atoms with Crippen LogP contribution in [0.5, 0.6) is 5.75 Å². The van der Waals surface area contributed by atoms with Gasteiger partial charge in [0, 0.05) is 32.3 Å². The molecule has 1 unspecified atom stereocenters. The number of hydrogen-bond donors (Lipinski definition) is 1. The van der Waals surface area contributed by atoms with Gasteiger partial charge in [-0.1, -0.05) is 24.3 Å². The van der Waals surface area contributed by atoms with Crippen LogP contribution in [0, 0.1) is 19.8 Å². The molecule has 1 heterocycles. The first kappa shape index (κ1) is 20.9. The van der Waals surface area contributed by atoms with Crippen LogP contribution >= 0.6 is 0 Å². The lowest BCUT2D eigenvalue weighted by Gasteiger charge is -2.20. The highest BCUT2D eigenvalue weighted by molar-refractivity contribution is 6.00. The molecule has 29 heavy (non-hydrogen) atoms. The minimum absolute atomic E-state index is 0.00705. The van der Waals surface area contributed by atoms with Gasteiger partial charge in [-0.05, 0) is 48.7 Å². The third-order valence-electron chi connectivity index (χ3n) is 5.28. The molecule has 154 valence electrons. The Morgan fingerprint density at radius 3 is 2.76 bits per heavy atom. The van der Waals surface area contributed by atoms with Crippen LogP contribution in [-0.4, -0.2) is 38.7 Å². The van der Waals surface area contributed by atoms with Crippen molar-refractivity contribution in [3.8, 4) is 5.75 Å². The van der Waals surface area contributed by atoms with E-state index in [0.717, 1.165) is 28.1 Å². The molecule has 1 aliphatic heterocycles. The van der Waals surface area contributed by atoms with E-state index in [1.807, 2.05) is 56.3 Å². The van der Waals surface area contributed by atoms with Gasteiger partial charge in [-0.2, -0.15) is 0 Å². The maximum atomic E-state index is 12.7. The lowest BCUT2D eigenvalue weighted by Crippen LogP contribution is -2.32. The van der Waals surface area contributed by atoms with E-state index in [1.165, 1.54) is 0 Å². The van der Waals surface area contributed by atoms with E-state index < -0.39 is 0 Å². The van der Waals surface area contributed by atoms with Gasteiger partial charge in [0.2, 0.25) is 11.8 Å². The molecular weight excluding hydrogens is 368 g/mol. The van der Waals surface area contributed by atoms with E-state index in [9.17, 15) is 9.59 Å². The number of methoxy groups -OCH3 is 1. The van der Waals surface area contributed by atoms with Crippen LogP contribution in [0.25, 0.3) is 0 Å². The summed E-state index contributed by atoms with van der Waals surface area (Å²) in [7, 11) is 1.63. The van der Waals surface area contributed by atoms with Crippen molar-refractivity contribution in [3.05, 3.63) is 59.2 Å². The Balaban J connectivity index is 1.57. The van der Waals surface area contributed by atoms with Crippen LogP contribution in [0.3, 0.4) is 0 Å². The van der Waals surface area contributed by atoms with Gasteiger partial charge in [0.1, 0.15) is 12.4 Å². The summed E-state index contributed by atoms with van der Waals surface area (Å²) in [5.41, 5.74) is 4.05. The highest BCUT2D eigenvalue weighted by atomic mass is 16.5. The Labute approximate surface area is 171 Å². The second-order valence-electron chi connectivity index (χ2n) is 7.33. The highest BCUT2D eigenvalue weighted by Crippen LogP contribution is 2.29. The summed E-state index contributed by atoms with van der Waals surface area (Å²) in [6.45, 7) is 5.84. The molecule has 2 aromatic carbocycles. The molecule has 1 atom stereocenters. The zero-order chi connectivity index (χ0) is 20.8. The Kier molecular flexibility index (Phi) is 6.88. The smallest absolute Gasteiger partial charge is 0.227 e. The zero-order valence-corrected chi connectivity index (χ0v) is 17.2. The number of ether oxygens (including phenoxy) is 2. The summed E-state index contributed by atoms with van der Waals surface area (Å²) in [5.74, 6) is 0.290. The number of rotatable bonds is 8. The Morgan fingerprint density at radius 2 is 1.97 bits per heavy atom. The largest absolute Gasteiger partial charge is 0.491 e. The van der Waals surface area contributed by atoms with Crippen molar-refractivity contribution in [2.75, 3.05) is 31.8 Å². The van der Waals surface area contributed by atoms with Crippen LogP contribution in [0.2, 0.25) is 0 Å². The molecule has 0 saturated carbocycles. The maximum absolute atomic E-state index is 12.7. The summed E-state index contributed by atoms with van der Waals surface area (Å²) in [6, 6.07) is 13.5. The van der Waals surface area contributed by atoms with Crippen LogP contribution in [0.1, 0.15) is 23.1 Å². The van der Waals surface area contributed by atoms with Crippen LogP contribution < -0.4 is 15.0 Å². The number of hydrogen-bond acceptors (Lipinski definition) is 4. The molecule has 1 N–H and O–H groups in total. The number of carbonyl (C=O) groups excluding carboxylic acids is 2. The molecule has 1 fully saturated rings. The first-order valence-corrected chi connectivity index (χ1v) is 9.84. The average Bonchev–Trinajstić information content (AvgIpc) is 3.10. The first-order valence-electron chi connectivity index (χ1n) is 9.84. The number of anilines is 1. The second kappa shape index (κ2) is 9.56. The molecule has 0 spiro atoms. The standard InChI is InChI=1S/C23H28N2O4/c1-16-6-4-9-21(17(16)2)25-15-19(13-22(25)26)23(27)24-14-18-7-5-8-20(12-18)29-11-10-28-3/h4-9,12,19H,10-11,13-15H2,1-3H3,(H,24,27). The van der Waals surface area contributed by atoms with Gasteiger partial charge in [0.15, 0.2) is 0 Å². The summed E-state index contributed by atoms with van der Waals surface area (Å²) in [6.07, 6.45) is 0.235. The number of amides is 2. The lowest BCUT2D eigenvalue weighted by molar-refractivity contribution is -0.126. The van der Waals surface area contributed by atoms with E-state index in [-0.39, 0.29) is 24.2 Å². The normalized spacial score (nSPS) is 16.2. The van der Waals surface area contributed by atoms with Gasteiger partial charge in [0.25, 0.3) is 0 Å². The molecule has 0 aromatic heterocycles. The van der Waals surface area contributed by atoms with Crippen LogP contribution in [0.4, 0.5) is 5.69 Å². The molecule has 0 bridgehead atoms. The molecule has 2 amide bonds. The Hall–Kier alpha value is -2.86. The predicted molar refractivity (Wildman–Crippen MR) is 112 cm³/mol. The molecular formula is C23H28N2O4. The monoisotopic (exact) mass is 396 g/mol. The van der Waals surface area contributed by atoms with Gasteiger partial charge >= 0.3 is 0 Å². The Bertz CT molecular complexity index is 881. The fraction of sp³-hybridized carbons (Fsp3) is 0.391. The lowest BCUT2D eigenvalue weighted by atomic mass is 10.1. The summed E-state index contributed by atoms with van der Waals surface area (Å²) in [5, 5.41) is 2.96. The van der Waals surface area contributed by atoms with Crippen LogP contribution in [0.15, 0.2) is 42.5 Å². The minimum Gasteiger partial charge on any atom is -0.491 e. The third kappa shape index (κ3) is 5.15. The van der Waals surface area contributed by atoms with Crippen molar-refractivity contribution in [1.29, 1.82) is 0 Å². The first-order chi connectivity index (χ1) is 14.0. The number of nitrogens with one attached hydrogen (secondary N) is 1. The van der Waals surface area contributed by atoms with Crippen molar-refractivity contribution >= 4 is 17.5 Å². The van der Waals surface area contributed by atoms with Crippen molar-refractivity contribution in [1.82, 2.24) is 5.32 Å². The van der Waals surface area contributed by atoms with Crippen molar-refractivity contribution in [2.24, 2.45) is 5.92 Å². The van der Waals surface area contributed by atoms with Gasteiger partial charge in [-0.3, -0.25) is 9.59 Å². The van der Waals surface area contributed by atoms with Crippen LogP contribution in [-0.2, 0) is 20.9 Å². The third-order valence-corrected chi connectivity index (χ3v) is 5.28. The zero-order valence-electron chi connectivity index (χ0n) is 17.2. The molecule has 1 aliphatic rings. The quantitative estimate of drug-likeness (QED) is 0.697. The molecule has 6 heteroatoms. The summed E-state index contributed by atoms with van der Waals surface area (Å²) in [4.78, 5) is 26.9. The van der Waals surface area contributed by atoms with Gasteiger partial charge in [-0.15, -0.1) is 0 Å². The minimum atomic E-state index is -0.344. The maximum Gasteiger partial charge on any atom is 0.227 e. The van der Waals surface area contributed by atoms with Gasteiger partial charge < -0.3 is 19.7 Å². The van der Waals surface area contributed by atoms with Gasteiger partial charge in [0.05, 0.1) is 12.5 Å². The van der Waals surface area contributed by atoms with Crippen molar-refractivity contribution in [3.63, 3.8) is 0 Å². The van der Waals surface area contributed by atoms with Gasteiger partial charge in [-0.25, -0.2) is 0 Å². The number of aryl methyl sites for hydroxylation is 1. The van der Waals surface area contributed by atoms with Crippen molar-refractivity contribution < 1.29 is 19.1 Å². The van der Waals surface area contributed by atoms with E-state index in [2.05, 4.69) is 5.32 Å². The molecule has 1 saturated heterocycles. The fourth-order valence-corrected chi connectivity index (χ4v) is 3.47. The highest BCUT2D eigenvalue weighted by Gasteiger charge is 2.35. The van der Waals surface area contributed by atoms with E-state index in [1.54, 1.807) is 12.0 Å². The fourth-order valence-electron chi connectivity index (χ4n) is 3.47. The topological polar surface area (TPSA) is 67.9 Å². The SMILES string of the molecule is COCCOc1cccc(CNC(=O)C2CC(=O)N(c3cccc(C)c3C)C2)c1. The molecule has 0 aliphatic carbocycles. The molecule has 0 radical (unpaired) electrons. The van der Waals surface area contributed by atoms with Crippen molar-refractivity contribution in [2.45, 2.75) is 26.8 Å². The number of carbonyl (C=O) groups is 2. The Morgan fingerprint density at radius 1 is 1.17 bits per heavy atom. The predicted octanol–water partition coefficient (Wildman–Crippen LogP) is 3.00. The number of benzene rings is 2.